The highest BCUT2D eigenvalue weighted by atomic mass is 35.5. The van der Waals surface area contributed by atoms with E-state index >= 15 is 0 Å². The quantitative estimate of drug-likeness (QED) is 0.472. The Bertz CT molecular complexity index is 1110. The molecule has 4 rings (SSSR count). The van der Waals surface area contributed by atoms with Gasteiger partial charge in [0.15, 0.2) is 5.82 Å². The first kappa shape index (κ1) is 17.8. The van der Waals surface area contributed by atoms with Crippen LogP contribution in [0.5, 0.6) is 5.88 Å². The van der Waals surface area contributed by atoms with Gasteiger partial charge in [0, 0.05) is 28.2 Å². The number of nitrogens with one attached hydrogen (secondary N) is 3. The van der Waals surface area contributed by atoms with E-state index in [0.29, 0.717) is 29.0 Å². The molecule has 4 aromatic rings. The maximum absolute atomic E-state index is 11.9. The third kappa shape index (κ3) is 3.74. The number of rotatable bonds is 5. The maximum Gasteiger partial charge on any atom is 0.320 e. The Hall–Kier alpha value is -3.59. The highest BCUT2D eigenvalue weighted by Crippen LogP contribution is 2.31. The van der Waals surface area contributed by atoms with Crippen LogP contribution in [0.15, 0.2) is 47.4 Å². The van der Waals surface area contributed by atoms with Crippen LogP contribution in [-0.4, -0.2) is 33.2 Å². The molecule has 0 aliphatic rings. The first-order valence-electron chi connectivity index (χ1n) is 8.25. The predicted molar refractivity (Wildman–Crippen MR) is 103 cm³/mol. The molecule has 0 unspecified atom stereocenters. The summed E-state index contributed by atoms with van der Waals surface area (Å²) in [6, 6.07) is 6.82. The molecule has 28 heavy (non-hydrogen) atoms. The van der Waals surface area contributed by atoms with Crippen molar-refractivity contribution in [3.05, 3.63) is 53.6 Å². The van der Waals surface area contributed by atoms with Crippen molar-refractivity contribution in [3.63, 3.8) is 0 Å². The van der Waals surface area contributed by atoms with Crippen molar-refractivity contribution < 1.29 is 14.1 Å². The third-order valence-electron chi connectivity index (χ3n) is 4.00. The van der Waals surface area contributed by atoms with Gasteiger partial charge in [-0.3, -0.25) is 5.32 Å². The first-order valence-corrected chi connectivity index (χ1v) is 8.63. The molecule has 0 fully saturated rings. The summed E-state index contributed by atoms with van der Waals surface area (Å²) in [5.74, 6) is 0.768. The molecule has 0 aliphatic heterocycles. The van der Waals surface area contributed by atoms with Gasteiger partial charge in [-0.25, -0.2) is 14.8 Å². The molecule has 3 aromatic heterocycles. The monoisotopic (exact) mass is 398 g/mol. The number of carbonyl (C=O) groups excluding carboxylic acids is 1. The summed E-state index contributed by atoms with van der Waals surface area (Å²) in [6.07, 6.45) is 4.51. The summed E-state index contributed by atoms with van der Waals surface area (Å²) in [7, 11) is 1.53. The molecule has 3 N–H and O–H groups in total. The van der Waals surface area contributed by atoms with Crippen LogP contribution < -0.4 is 15.4 Å². The smallest absolute Gasteiger partial charge is 0.320 e. The van der Waals surface area contributed by atoms with Gasteiger partial charge in [-0.1, -0.05) is 16.8 Å². The zero-order valence-electron chi connectivity index (χ0n) is 14.7. The van der Waals surface area contributed by atoms with E-state index in [9.17, 15) is 4.79 Å². The van der Waals surface area contributed by atoms with E-state index in [1.165, 1.54) is 19.6 Å². The number of halogens is 1. The van der Waals surface area contributed by atoms with Gasteiger partial charge in [0.25, 0.3) is 0 Å². The van der Waals surface area contributed by atoms with Gasteiger partial charge in [0.1, 0.15) is 6.26 Å². The van der Waals surface area contributed by atoms with Crippen LogP contribution in [0.2, 0.25) is 5.02 Å². The fourth-order valence-electron chi connectivity index (χ4n) is 2.68. The average Bonchev–Trinajstić information content (AvgIpc) is 3.35. The molecule has 1 aromatic carbocycles. The third-order valence-corrected chi connectivity index (χ3v) is 4.31. The topological polar surface area (TPSA) is 118 Å². The Morgan fingerprint density at radius 1 is 1.29 bits per heavy atom. The Kier molecular flexibility index (Phi) is 4.81. The lowest BCUT2D eigenvalue weighted by molar-refractivity contribution is 0.251. The zero-order valence-corrected chi connectivity index (χ0v) is 15.4. The van der Waals surface area contributed by atoms with Crippen LogP contribution in [0.3, 0.4) is 0 Å². The molecule has 0 spiro atoms. The standard InChI is InChI=1S/C18H15ClN6O3/c1-27-17-9-20-15(8-21-17)12-6-14-10(5-13(12)19)4-11(23-14)7-22-18(26)24-16-2-3-28-25-16/h2-6,8-9,23H,7H2,1H3,(H2,22,24,25,26). The summed E-state index contributed by atoms with van der Waals surface area (Å²) in [4.78, 5) is 23.6. The highest BCUT2D eigenvalue weighted by Gasteiger charge is 2.11. The van der Waals surface area contributed by atoms with Crippen molar-refractivity contribution in [1.29, 1.82) is 0 Å². The van der Waals surface area contributed by atoms with E-state index in [4.69, 9.17) is 16.3 Å². The predicted octanol–water partition coefficient (Wildman–Crippen LogP) is 3.60. The largest absolute Gasteiger partial charge is 0.480 e. The summed E-state index contributed by atoms with van der Waals surface area (Å²) in [6.45, 7) is 0.299. The minimum atomic E-state index is -0.389. The Morgan fingerprint density at radius 2 is 2.18 bits per heavy atom. The number of hydrogen-bond acceptors (Lipinski definition) is 6. The van der Waals surface area contributed by atoms with E-state index in [-0.39, 0.29) is 6.03 Å². The van der Waals surface area contributed by atoms with Gasteiger partial charge in [0.05, 0.1) is 36.8 Å². The van der Waals surface area contributed by atoms with Crippen molar-refractivity contribution in [2.45, 2.75) is 6.54 Å². The van der Waals surface area contributed by atoms with Crippen LogP contribution in [0.1, 0.15) is 5.69 Å². The molecule has 0 radical (unpaired) electrons. The van der Waals surface area contributed by atoms with Crippen LogP contribution in [0.4, 0.5) is 10.6 Å². The molecule has 0 atom stereocenters. The molecule has 0 aliphatic carbocycles. The summed E-state index contributed by atoms with van der Waals surface area (Å²) in [5, 5.41) is 10.4. The normalized spacial score (nSPS) is 10.8. The number of urea groups is 1. The van der Waals surface area contributed by atoms with E-state index in [0.717, 1.165) is 22.2 Å². The van der Waals surface area contributed by atoms with Crippen molar-refractivity contribution in [2.75, 3.05) is 12.4 Å². The number of H-pyrrole nitrogens is 1. The molecule has 0 bridgehead atoms. The number of benzene rings is 1. The number of anilines is 1. The lowest BCUT2D eigenvalue weighted by Crippen LogP contribution is -2.28. The van der Waals surface area contributed by atoms with Crippen molar-refractivity contribution in [1.82, 2.24) is 25.4 Å². The number of methoxy groups -OCH3 is 1. The van der Waals surface area contributed by atoms with E-state index in [1.54, 1.807) is 12.3 Å². The van der Waals surface area contributed by atoms with Gasteiger partial charge < -0.3 is 19.6 Å². The molecule has 3 heterocycles. The highest BCUT2D eigenvalue weighted by molar-refractivity contribution is 6.34. The van der Waals surface area contributed by atoms with Gasteiger partial charge >= 0.3 is 6.03 Å². The molecule has 0 saturated carbocycles. The van der Waals surface area contributed by atoms with Gasteiger partial charge in [0.2, 0.25) is 5.88 Å². The zero-order chi connectivity index (χ0) is 19.5. The van der Waals surface area contributed by atoms with E-state index in [2.05, 4.69) is 35.3 Å². The molecule has 2 amide bonds. The number of carbonyl (C=O) groups is 1. The molecule has 0 saturated heterocycles. The maximum atomic E-state index is 11.9. The number of ether oxygens (including phenoxy) is 1. The Balaban J connectivity index is 1.51. The minimum Gasteiger partial charge on any atom is -0.480 e. The van der Waals surface area contributed by atoms with Crippen LogP contribution >= 0.6 is 11.6 Å². The summed E-state index contributed by atoms with van der Waals surface area (Å²) < 4.78 is 9.69. The molecule has 10 heteroatoms. The number of nitrogens with zero attached hydrogens (tertiary/aromatic N) is 3. The fourth-order valence-corrected chi connectivity index (χ4v) is 2.95. The van der Waals surface area contributed by atoms with E-state index in [1.807, 2.05) is 18.2 Å². The number of fused-ring (bicyclic) bond motifs is 1. The Labute approximate surface area is 164 Å². The molecule has 9 nitrogen and oxygen atoms in total. The fraction of sp³-hybridized carbons (Fsp3) is 0.111. The van der Waals surface area contributed by atoms with Crippen molar-refractivity contribution in [2.24, 2.45) is 0 Å². The number of hydrogen-bond donors (Lipinski definition) is 3. The number of amides is 2. The lowest BCUT2D eigenvalue weighted by atomic mass is 10.1. The van der Waals surface area contributed by atoms with E-state index < -0.39 is 0 Å². The Morgan fingerprint density at radius 3 is 2.89 bits per heavy atom. The van der Waals surface area contributed by atoms with Crippen molar-refractivity contribution in [3.8, 4) is 17.1 Å². The second-order valence-electron chi connectivity index (χ2n) is 5.85. The van der Waals surface area contributed by atoms with Gasteiger partial charge in [-0.2, -0.15) is 0 Å². The summed E-state index contributed by atoms with van der Waals surface area (Å²) in [5.41, 5.74) is 3.06. The lowest BCUT2D eigenvalue weighted by Gasteiger charge is -2.05. The SMILES string of the molecule is COc1cnc(-c2cc3[nH]c(CNC(=O)Nc4ccon4)cc3cc2Cl)cn1. The van der Waals surface area contributed by atoms with Gasteiger partial charge in [-0.05, 0) is 18.2 Å². The molecular weight excluding hydrogens is 384 g/mol. The molecular formula is C18H15ClN6O3. The van der Waals surface area contributed by atoms with Crippen LogP contribution in [-0.2, 0) is 6.54 Å². The summed E-state index contributed by atoms with van der Waals surface area (Å²) >= 11 is 6.42. The van der Waals surface area contributed by atoms with Crippen molar-refractivity contribution >= 4 is 34.4 Å². The van der Waals surface area contributed by atoms with Crippen LogP contribution in [0.25, 0.3) is 22.2 Å². The number of aromatic nitrogens is 4. The molecule has 142 valence electrons. The van der Waals surface area contributed by atoms with Gasteiger partial charge in [-0.15, -0.1) is 0 Å². The number of aromatic amines is 1. The second kappa shape index (κ2) is 7.57. The first-order chi connectivity index (χ1) is 13.6. The minimum absolute atomic E-state index is 0.299. The van der Waals surface area contributed by atoms with Crippen LogP contribution in [0, 0.1) is 0 Å². The second-order valence-corrected chi connectivity index (χ2v) is 6.26. The average molecular weight is 399 g/mol.